The molecule has 0 saturated heterocycles. The van der Waals surface area contributed by atoms with Crippen LogP contribution in [0.5, 0.6) is 0 Å². The van der Waals surface area contributed by atoms with Crippen molar-refractivity contribution in [2.45, 2.75) is 29.8 Å². The molecule has 0 bridgehead atoms. The lowest BCUT2D eigenvalue weighted by molar-refractivity contribution is -0.479. The number of alkyl halides is 8. The highest BCUT2D eigenvalue weighted by atomic mass is 19.4. The van der Waals surface area contributed by atoms with Gasteiger partial charge in [0.15, 0.2) is 0 Å². The second kappa shape index (κ2) is 4.30. The highest BCUT2D eigenvalue weighted by Crippen LogP contribution is 2.59. The molecule has 22 heavy (non-hydrogen) atoms. The van der Waals surface area contributed by atoms with Gasteiger partial charge >= 0.3 is 18.3 Å². The molecule has 11 heteroatoms. The number of hydrogen-bond acceptors (Lipinski definition) is 3. The van der Waals surface area contributed by atoms with E-state index in [-0.39, 0.29) is 0 Å². The molecule has 2 rings (SSSR count). The Labute approximate surface area is 116 Å². The Morgan fingerprint density at radius 1 is 0.773 bits per heavy atom. The van der Waals surface area contributed by atoms with Crippen LogP contribution >= 0.6 is 0 Å². The molecular formula is C11H6F8O3. The molecule has 1 aliphatic heterocycles. The van der Waals surface area contributed by atoms with Gasteiger partial charge in [0, 0.05) is 11.1 Å². The molecule has 0 aliphatic carbocycles. The topological polar surface area (TPSA) is 49.7 Å². The Morgan fingerprint density at radius 2 is 1.18 bits per heavy atom. The van der Waals surface area contributed by atoms with E-state index in [0.717, 1.165) is 12.1 Å². The molecule has 0 radical (unpaired) electrons. The Kier molecular flexibility index (Phi) is 3.30. The summed E-state index contributed by atoms with van der Waals surface area (Å²) in [5, 5.41) is 19.0. The first-order valence-corrected chi connectivity index (χ1v) is 5.44. The first-order valence-electron chi connectivity index (χ1n) is 5.44. The molecule has 2 N–H and O–H groups in total. The van der Waals surface area contributed by atoms with Gasteiger partial charge in [0.1, 0.15) is 0 Å². The average molecular weight is 338 g/mol. The second-order valence-electron chi connectivity index (χ2n) is 4.51. The molecule has 2 atom stereocenters. The molecule has 0 fully saturated rings. The fourth-order valence-electron chi connectivity index (χ4n) is 2.03. The molecule has 0 aromatic heterocycles. The summed E-state index contributed by atoms with van der Waals surface area (Å²) in [7, 11) is 0. The number of benzene rings is 1. The number of rotatable bonds is 1. The summed E-state index contributed by atoms with van der Waals surface area (Å²) in [6.45, 7) is 0. The van der Waals surface area contributed by atoms with E-state index in [1.165, 1.54) is 0 Å². The molecule has 2 unspecified atom stereocenters. The molecule has 124 valence electrons. The quantitative estimate of drug-likeness (QED) is 0.775. The first kappa shape index (κ1) is 16.9. The van der Waals surface area contributed by atoms with Gasteiger partial charge in [-0.05, 0) is 0 Å². The van der Waals surface area contributed by atoms with Gasteiger partial charge in [0.2, 0.25) is 0 Å². The van der Waals surface area contributed by atoms with Gasteiger partial charge in [-0.1, -0.05) is 24.3 Å². The van der Waals surface area contributed by atoms with E-state index < -0.39 is 41.0 Å². The van der Waals surface area contributed by atoms with Crippen molar-refractivity contribution >= 4 is 0 Å². The number of ether oxygens (including phenoxy) is 1. The minimum absolute atomic E-state index is 0.374. The number of hydrogen-bond donors (Lipinski definition) is 2. The number of fused-ring (bicyclic) bond motifs is 1. The van der Waals surface area contributed by atoms with E-state index in [1.54, 1.807) is 0 Å². The molecular weight excluding hydrogens is 332 g/mol. The summed E-state index contributed by atoms with van der Waals surface area (Å²) in [5.41, 5.74) is -2.98. The Hall–Kier alpha value is -1.46. The zero-order chi connectivity index (χ0) is 17.2. The van der Waals surface area contributed by atoms with Gasteiger partial charge in [-0.3, -0.25) is 4.74 Å². The van der Waals surface area contributed by atoms with Crippen LogP contribution in [-0.2, 0) is 16.3 Å². The zero-order valence-electron chi connectivity index (χ0n) is 10.1. The lowest BCUT2D eigenvalue weighted by Gasteiger charge is -2.35. The maximum Gasteiger partial charge on any atom is 0.459 e. The number of aliphatic hydroxyl groups is 2. The van der Waals surface area contributed by atoms with Crippen molar-refractivity contribution in [1.29, 1.82) is 0 Å². The molecule has 3 nitrogen and oxygen atoms in total. The van der Waals surface area contributed by atoms with Crippen LogP contribution in [0.3, 0.4) is 0 Å². The first-order chi connectivity index (χ1) is 9.68. The number of halogens is 8. The van der Waals surface area contributed by atoms with Crippen molar-refractivity contribution in [3.63, 3.8) is 0 Å². The summed E-state index contributed by atoms with van der Waals surface area (Å²) < 4.78 is 106. The predicted molar refractivity (Wildman–Crippen MR) is 52.4 cm³/mol. The van der Waals surface area contributed by atoms with Crippen molar-refractivity contribution < 1.29 is 50.1 Å². The van der Waals surface area contributed by atoms with Crippen LogP contribution in [0.25, 0.3) is 0 Å². The average Bonchev–Trinajstić information content (AvgIpc) is 2.60. The third kappa shape index (κ3) is 1.92. The molecule has 1 aliphatic rings. The maximum atomic E-state index is 13.5. The normalized spacial score (nSPS) is 29.5. The van der Waals surface area contributed by atoms with E-state index in [1.807, 2.05) is 0 Å². The molecule has 0 spiro atoms. The molecule has 1 heterocycles. The smallest absolute Gasteiger partial charge is 0.357 e. The minimum Gasteiger partial charge on any atom is -0.357 e. The van der Waals surface area contributed by atoms with Crippen molar-refractivity contribution in [1.82, 2.24) is 0 Å². The molecule has 0 saturated carbocycles. The second-order valence-corrected chi connectivity index (χ2v) is 4.51. The summed E-state index contributed by atoms with van der Waals surface area (Å²) in [6.07, 6.45) is -12.2. The fraction of sp³-hybridized carbons (Fsp3) is 0.455. The van der Waals surface area contributed by atoms with E-state index in [4.69, 9.17) is 0 Å². The monoisotopic (exact) mass is 338 g/mol. The minimum atomic E-state index is -6.42. The van der Waals surface area contributed by atoms with Gasteiger partial charge in [0.05, 0.1) is 0 Å². The van der Waals surface area contributed by atoms with Crippen LogP contribution in [0.2, 0.25) is 0 Å². The van der Waals surface area contributed by atoms with Gasteiger partial charge in [-0.15, -0.1) is 0 Å². The molecule has 1 aromatic carbocycles. The highest BCUT2D eigenvalue weighted by molar-refractivity contribution is 5.41. The SMILES string of the molecule is OC1(C(F)(F)F)OC(O)(C(F)(F)C(F)(F)F)c2ccccc21. The van der Waals surface area contributed by atoms with Crippen LogP contribution < -0.4 is 0 Å². The van der Waals surface area contributed by atoms with Crippen molar-refractivity contribution in [3.05, 3.63) is 35.4 Å². The predicted octanol–water partition coefficient (Wildman–Crippen LogP) is 2.77. The van der Waals surface area contributed by atoms with Crippen LogP contribution in [0.15, 0.2) is 24.3 Å². The van der Waals surface area contributed by atoms with E-state index in [2.05, 4.69) is 4.74 Å². The van der Waals surface area contributed by atoms with Crippen molar-refractivity contribution in [2.75, 3.05) is 0 Å². The zero-order valence-corrected chi connectivity index (χ0v) is 10.1. The standard InChI is InChI=1S/C11H6F8O3/c12-9(13,11(17,18)19)7(20)5-3-1-2-4-6(5)8(21,22-7)10(14,15)16/h1-4,20-21H. The van der Waals surface area contributed by atoms with Crippen LogP contribution in [0.4, 0.5) is 35.1 Å². The summed E-state index contributed by atoms with van der Waals surface area (Å²) in [4.78, 5) is 0. The van der Waals surface area contributed by atoms with E-state index in [0.29, 0.717) is 12.1 Å². The maximum absolute atomic E-state index is 13.5. The van der Waals surface area contributed by atoms with Gasteiger partial charge < -0.3 is 10.2 Å². The Balaban J connectivity index is 2.74. The van der Waals surface area contributed by atoms with Crippen LogP contribution in [0.1, 0.15) is 11.1 Å². The Morgan fingerprint density at radius 3 is 1.55 bits per heavy atom. The van der Waals surface area contributed by atoms with Crippen molar-refractivity contribution in [3.8, 4) is 0 Å². The van der Waals surface area contributed by atoms with E-state index in [9.17, 15) is 45.3 Å². The Bertz CT molecular complexity index is 596. The van der Waals surface area contributed by atoms with E-state index >= 15 is 0 Å². The summed E-state index contributed by atoms with van der Waals surface area (Å²) in [6, 6.07) is 2.45. The summed E-state index contributed by atoms with van der Waals surface area (Å²) >= 11 is 0. The molecule has 1 aromatic rings. The van der Waals surface area contributed by atoms with Crippen LogP contribution in [0, 0.1) is 0 Å². The van der Waals surface area contributed by atoms with Crippen LogP contribution in [-0.4, -0.2) is 28.5 Å². The summed E-state index contributed by atoms with van der Waals surface area (Å²) in [5.74, 6) is -15.3. The largest absolute Gasteiger partial charge is 0.459 e. The third-order valence-corrected chi connectivity index (χ3v) is 3.12. The van der Waals surface area contributed by atoms with Gasteiger partial charge in [-0.2, -0.15) is 35.1 Å². The lowest BCUT2D eigenvalue weighted by atomic mass is 9.94. The fourth-order valence-corrected chi connectivity index (χ4v) is 2.03. The molecule has 0 amide bonds. The third-order valence-electron chi connectivity index (χ3n) is 3.12. The highest BCUT2D eigenvalue weighted by Gasteiger charge is 2.79. The van der Waals surface area contributed by atoms with Gasteiger partial charge in [-0.25, -0.2) is 0 Å². The van der Waals surface area contributed by atoms with Gasteiger partial charge in [0.25, 0.3) is 11.6 Å². The lowest BCUT2D eigenvalue weighted by Crippen LogP contribution is -2.57. The van der Waals surface area contributed by atoms with Crippen molar-refractivity contribution in [2.24, 2.45) is 0 Å².